The van der Waals surface area contributed by atoms with Gasteiger partial charge in [-0.25, -0.2) is 4.98 Å². The number of anilines is 1. The molecule has 0 saturated heterocycles. The second-order valence-electron chi connectivity index (χ2n) is 7.78. The molecule has 0 aliphatic heterocycles. The minimum absolute atomic E-state index is 0.162. The topological polar surface area (TPSA) is 83.8 Å². The molecule has 0 fully saturated rings. The zero-order valence-electron chi connectivity index (χ0n) is 15.3. The quantitative estimate of drug-likeness (QED) is 0.741. The van der Waals surface area contributed by atoms with Gasteiger partial charge in [0.25, 0.3) is 5.91 Å². The molecular formula is C19H24N4O2. The van der Waals surface area contributed by atoms with Crippen LogP contribution in [-0.4, -0.2) is 21.1 Å². The zero-order valence-corrected chi connectivity index (χ0v) is 15.3. The summed E-state index contributed by atoms with van der Waals surface area (Å²) < 4.78 is 5.78. The van der Waals surface area contributed by atoms with Gasteiger partial charge in [-0.3, -0.25) is 9.89 Å². The van der Waals surface area contributed by atoms with E-state index in [0.717, 1.165) is 17.6 Å². The molecule has 0 spiro atoms. The van der Waals surface area contributed by atoms with Gasteiger partial charge in [-0.1, -0.05) is 34.6 Å². The van der Waals surface area contributed by atoms with Gasteiger partial charge in [0.1, 0.15) is 5.52 Å². The Kier molecular flexibility index (Phi) is 4.37. The van der Waals surface area contributed by atoms with Crippen LogP contribution >= 0.6 is 0 Å². The summed E-state index contributed by atoms with van der Waals surface area (Å²) in [5.41, 5.74) is 3.28. The molecule has 0 aliphatic rings. The van der Waals surface area contributed by atoms with Gasteiger partial charge in [-0.05, 0) is 36.6 Å². The van der Waals surface area contributed by atoms with Gasteiger partial charge < -0.3 is 9.73 Å². The summed E-state index contributed by atoms with van der Waals surface area (Å²) in [6.45, 7) is 10.4. The summed E-state index contributed by atoms with van der Waals surface area (Å²) in [4.78, 5) is 16.9. The SMILES string of the molecule is CC(C)Cc1cc(C(=O)Nc2ccc3oc(C(C)(C)C)nc3c2)n[nH]1. The lowest BCUT2D eigenvalue weighted by atomic mass is 9.97. The third-order valence-corrected chi connectivity index (χ3v) is 3.78. The van der Waals surface area contributed by atoms with Gasteiger partial charge in [0, 0.05) is 16.8 Å². The smallest absolute Gasteiger partial charge is 0.276 e. The van der Waals surface area contributed by atoms with Crippen LogP contribution in [0.25, 0.3) is 11.1 Å². The summed E-state index contributed by atoms with van der Waals surface area (Å²) in [5.74, 6) is 0.935. The van der Waals surface area contributed by atoms with Gasteiger partial charge in [-0.15, -0.1) is 0 Å². The number of benzene rings is 1. The fourth-order valence-electron chi connectivity index (χ4n) is 2.54. The maximum atomic E-state index is 12.4. The van der Waals surface area contributed by atoms with Crippen molar-refractivity contribution < 1.29 is 9.21 Å². The summed E-state index contributed by atoms with van der Waals surface area (Å²) in [6.07, 6.45) is 0.862. The number of hydrogen-bond acceptors (Lipinski definition) is 4. The van der Waals surface area contributed by atoms with E-state index < -0.39 is 0 Å². The number of nitrogens with zero attached hydrogens (tertiary/aromatic N) is 2. The van der Waals surface area contributed by atoms with Crippen molar-refractivity contribution in [2.24, 2.45) is 5.92 Å². The van der Waals surface area contributed by atoms with Crippen LogP contribution in [-0.2, 0) is 11.8 Å². The molecule has 0 bridgehead atoms. The fourth-order valence-corrected chi connectivity index (χ4v) is 2.54. The molecule has 3 rings (SSSR count). The maximum absolute atomic E-state index is 12.4. The van der Waals surface area contributed by atoms with Gasteiger partial charge in [0.15, 0.2) is 11.3 Å². The number of nitrogens with one attached hydrogen (secondary N) is 2. The lowest BCUT2D eigenvalue weighted by Gasteiger charge is -2.11. The second kappa shape index (κ2) is 6.35. The average Bonchev–Trinajstić information content (AvgIpc) is 3.12. The van der Waals surface area contributed by atoms with E-state index in [9.17, 15) is 4.79 Å². The molecule has 0 saturated carbocycles. The number of aromatic amines is 1. The number of aromatic nitrogens is 3. The summed E-state index contributed by atoms with van der Waals surface area (Å²) >= 11 is 0. The first kappa shape index (κ1) is 17.2. The monoisotopic (exact) mass is 340 g/mol. The van der Waals surface area contributed by atoms with Crippen LogP contribution < -0.4 is 5.32 Å². The first-order valence-corrected chi connectivity index (χ1v) is 8.49. The number of carbonyl (C=O) groups excluding carboxylic acids is 1. The molecule has 6 heteroatoms. The molecule has 0 unspecified atom stereocenters. The van der Waals surface area contributed by atoms with Crippen LogP contribution in [0.15, 0.2) is 28.7 Å². The Labute approximate surface area is 147 Å². The van der Waals surface area contributed by atoms with Crippen LogP contribution in [0.3, 0.4) is 0 Å². The Morgan fingerprint density at radius 3 is 2.72 bits per heavy atom. The predicted molar refractivity (Wildman–Crippen MR) is 97.8 cm³/mol. The van der Waals surface area contributed by atoms with Crippen LogP contribution in [0.2, 0.25) is 0 Å². The van der Waals surface area contributed by atoms with Crippen molar-refractivity contribution in [1.82, 2.24) is 15.2 Å². The number of rotatable bonds is 4. The molecule has 0 radical (unpaired) electrons. The van der Waals surface area contributed by atoms with Crippen molar-refractivity contribution in [3.05, 3.63) is 41.5 Å². The molecule has 0 atom stereocenters. The third kappa shape index (κ3) is 3.90. The Morgan fingerprint density at radius 1 is 1.28 bits per heavy atom. The molecule has 0 aliphatic carbocycles. The molecule has 132 valence electrons. The van der Waals surface area contributed by atoms with Crippen molar-refractivity contribution >= 4 is 22.7 Å². The van der Waals surface area contributed by atoms with Gasteiger partial charge in [0.2, 0.25) is 5.89 Å². The van der Waals surface area contributed by atoms with Gasteiger partial charge >= 0.3 is 0 Å². The van der Waals surface area contributed by atoms with Crippen molar-refractivity contribution in [1.29, 1.82) is 0 Å². The first-order valence-electron chi connectivity index (χ1n) is 8.49. The van der Waals surface area contributed by atoms with E-state index in [0.29, 0.717) is 28.8 Å². The number of amides is 1. The molecule has 2 N–H and O–H groups in total. The number of oxazole rings is 1. The van der Waals surface area contributed by atoms with Crippen molar-refractivity contribution in [3.63, 3.8) is 0 Å². The van der Waals surface area contributed by atoms with Crippen LogP contribution in [0.1, 0.15) is 56.7 Å². The summed E-state index contributed by atoms with van der Waals surface area (Å²) in [5, 5.41) is 9.87. The number of H-pyrrole nitrogens is 1. The molecule has 3 aromatic rings. The number of fused-ring (bicyclic) bond motifs is 1. The van der Waals surface area contributed by atoms with E-state index in [1.165, 1.54) is 0 Å². The van der Waals surface area contributed by atoms with Gasteiger partial charge in [-0.2, -0.15) is 5.10 Å². The molecule has 1 aromatic carbocycles. The Hall–Kier alpha value is -2.63. The Morgan fingerprint density at radius 2 is 2.04 bits per heavy atom. The number of carbonyl (C=O) groups is 1. The van der Waals surface area contributed by atoms with Crippen LogP contribution in [0, 0.1) is 5.92 Å². The minimum Gasteiger partial charge on any atom is -0.440 e. The van der Waals surface area contributed by atoms with E-state index in [-0.39, 0.29) is 11.3 Å². The van der Waals surface area contributed by atoms with Gasteiger partial charge in [0.05, 0.1) is 0 Å². The summed E-state index contributed by atoms with van der Waals surface area (Å²) in [6, 6.07) is 7.23. The van der Waals surface area contributed by atoms with E-state index >= 15 is 0 Å². The van der Waals surface area contributed by atoms with E-state index in [4.69, 9.17) is 4.42 Å². The van der Waals surface area contributed by atoms with Crippen LogP contribution in [0.5, 0.6) is 0 Å². The average molecular weight is 340 g/mol. The Balaban J connectivity index is 1.78. The van der Waals surface area contributed by atoms with E-state index in [1.54, 1.807) is 12.1 Å². The standard InChI is InChI=1S/C19H24N4O2/c1-11(2)8-13-10-15(23-22-13)17(24)20-12-6-7-16-14(9-12)21-18(25-16)19(3,4)5/h6-7,9-11H,8H2,1-5H3,(H,20,24)(H,22,23). The van der Waals surface area contributed by atoms with Crippen molar-refractivity contribution in [2.75, 3.05) is 5.32 Å². The molecule has 1 amide bonds. The first-order chi connectivity index (χ1) is 11.7. The third-order valence-electron chi connectivity index (χ3n) is 3.78. The zero-order chi connectivity index (χ0) is 18.2. The minimum atomic E-state index is -0.245. The fraction of sp³-hybridized carbons (Fsp3) is 0.421. The highest BCUT2D eigenvalue weighted by molar-refractivity contribution is 6.03. The molecular weight excluding hydrogens is 316 g/mol. The predicted octanol–water partition coefficient (Wildman–Crippen LogP) is 4.30. The van der Waals surface area contributed by atoms with E-state index in [2.05, 4.69) is 34.3 Å². The van der Waals surface area contributed by atoms with E-state index in [1.807, 2.05) is 32.9 Å². The second-order valence-corrected chi connectivity index (χ2v) is 7.78. The molecule has 2 aromatic heterocycles. The lowest BCUT2D eigenvalue weighted by Crippen LogP contribution is -2.12. The van der Waals surface area contributed by atoms with Crippen LogP contribution in [0.4, 0.5) is 5.69 Å². The van der Waals surface area contributed by atoms with Crippen molar-refractivity contribution in [3.8, 4) is 0 Å². The molecule has 2 heterocycles. The lowest BCUT2D eigenvalue weighted by molar-refractivity contribution is 0.102. The number of hydrogen-bond donors (Lipinski definition) is 2. The summed E-state index contributed by atoms with van der Waals surface area (Å²) in [7, 11) is 0. The van der Waals surface area contributed by atoms with Crippen molar-refractivity contribution in [2.45, 2.75) is 46.5 Å². The molecule has 6 nitrogen and oxygen atoms in total. The highest BCUT2D eigenvalue weighted by Gasteiger charge is 2.21. The highest BCUT2D eigenvalue weighted by atomic mass is 16.3. The molecule has 25 heavy (non-hydrogen) atoms. The normalized spacial score (nSPS) is 12.1. The largest absolute Gasteiger partial charge is 0.440 e. The maximum Gasteiger partial charge on any atom is 0.276 e. The Bertz CT molecular complexity index is 900. The highest BCUT2D eigenvalue weighted by Crippen LogP contribution is 2.27.